The van der Waals surface area contributed by atoms with E-state index in [4.69, 9.17) is 4.74 Å². The summed E-state index contributed by atoms with van der Waals surface area (Å²) in [7, 11) is 0. The van der Waals surface area contributed by atoms with E-state index in [1.165, 1.54) is 12.1 Å². The summed E-state index contributed by atoms with van der Waals surface area (Å²) in [6, 6.07) is 9.22. The summed E-state index contributed by atoms with van der Waals surface area (Å²) < 4.78 is 46.7. The van der Waals surface area contributed by atoms with Crippen LogP contribution in [0.25, 0.3) is 5.69 Å². The van der Waals surface area contributed by atoms with E-state index in [1.54, 1.807) is 22.9 Å². The Hall–Kier alpha value is -1.79. The molecule has 3 nitrogen and oxygen atoms in total. The molecule has 0 aliphatic carbocycles. The van der Waals surface area contributed by atoms with Crippen molar-refractivity contribution in [1.29, 1.82) is 0 Å². The molecule has 1 N–H and O–H groups in total. The van der Waals surface area contributed by atoms with Crippen LogP contribution in [-0.2, 0) is 17.5 Å². The number of ether oxygens (including phenoxy) is 1. The number of hydrogen-bond acceptors (Lipinski definition) is 2. The number of nitrogens with one attached hydrogen (secondary N) is 1. The molecule has 1 aliphatic heterocycles. The number of hydrogen-bond donors (Lipinski definition) is 1. The first-order valence-electron chi connectivity index (χ1n) is 7.71. The zero-order chi connectivity index (χ0) is 16.3. The fourth-order valence-corrected chi connectivity index (χ4v) is 2.89. The zero-order valence-electron chi connectivity index (χ0n) is 12.6. The van der Waals surface area contributed by atoms with Gasteiger partial charge in [0.15, 0.2) is 0 Å². The number of rotatable bonds is 5. The van der Waals surface area contributed by atoms with E-state index in [1.807, 2.05) is 6.07 Å². The van der Waals surface area contributed by atoms with Gasteiger partial charge in [-0.25, -0.2) is 0 Å². The summed E-state index contributed by atoms with van der Waals surface area (Å²) in [5.74, 6) is 0. The van der Waals surface area contributed by atoms with Crippen molar-refractivity contribution in [3.8, 4) is 5.69 Å². The van der Waals surface area contributed by atoms with Gasteiger partial charge in [-0.15, -0.1) is 0 Å². The molecule has 1 aromatic carbocycles. The summed E-state index contributed by atoms with van der Waals surface area (Å²) in [5, 5.41) is 3.27. The van der Waals surface area contributed by atoms with Crippen LogP contribution in [0.1, 0.15) is 24.1 Å². The Bertz CT molecular complexity index is 645. The van der Waals surface area contributed by atoms with Crippen LogP contribution in [0.4, 0.5) is 13.2 Å². The molecule has 1 aromatic heterocycles. The quantitative estimate of drug-likeness (QED) is 0.906. The molecule has 0 radical (unpaired) electrons. The van der Waals surface area contributed by atoms with Crippen LogP contribution in [0.2, 0.25) is 0 Å². The third kappa shape index (κ3) is 3.76. The van der Waals surface area contributed by atoms with Crippen LogP contribution >= 0.6 is 0 Å². The second-order valence-corrected chi connectivity index (χ2v) is 5.65. The number of para-hydroxylation sites is 1. The van der Waals surface area contributed by atoms with E-state index in [2.05, 4.69) is 5.32 Å². The van der Waals surface area contributed by atoms with Crippen LogP contribution in [-0.4, -0.2) is 23.8 Å². The highest BCUT2D eigenvalue weighted by atomic mass is 19.4. The summed E-state index contributed by atoms with van der Waals surface area (Å²) in [6.07, 6.45) is -0.398. The van der Waals surface area contributed by atoms with Gasteiger partial charge in [0.25, 0.3) is 0 Å². The lowest BCUT2D eigenvalue weighted by Crippen LogP contribution is -2.26. The summed E-state index contributed by atoms with van der Waals surface area (Å²) in [5.41, 5.74) is 0.315. The third-order valence-corrected chi connectivity index (χ3v) is 4.00. The lowest BCUT2D eigenvalue weighted by atomic mass is 10.1. The Balaban J connectivity index is 1.76. The first-order valence-corrected chi connectivity index (χ1v) is 7.71. The molecule has 0 saturated carbocycles. The smallest absolute Gasteiger partial charge is 0.377 e. The molecule has 23 heavy (non-hydrogen) atoms. The predicted molar refractivity (Wildman–Crippen MR) is 81.5 cm³/mol. The molecule has 1 saturated heterocycles. The van der Waals surface area contributed by atoms with E-state index >= 15 is 0 Å². The van der Waals surface area contributed by atoms with Gasteiger partial charge >= 0.3 is 6.18 Å². The number of aromatic nitrogens is 1. The van der Waals surface area contributed by atoms with Gasteiger partial charge in [-0.05, 0) is 37.1 Å². The molecular weight excluding hydrogens is 305 g/mol. The molecule has 0 amide bonds. The summed E-state index contributed by atoms with van der Waals surface area (Å²) >= 11 is 0. The second-order valence-electron chi connectivity index (χ2n) is 5.65. The maximum atomic E-state index is 13.2. The van der Waals surface area contributed by atoms with Crippen LogP contribution in [0.5, 0.6) is 0 Å². The fraction of sp³-hybridized carbons (Fsp3) is 0.412. The van der Waals surface area contributed by atoms with E-state index < -0.39 is 11.7 Å². The van der Waals surface area contributed by atoms with Gasteiger partial charge in [0, 0.05) is 31.6 Å². The van der Waals surface area contributed by atoms with Crippen molar-refractivity contribution in [1.82, 2.24) is 9.88 Å². The highest BCUT2D eigenvalue weighted by molar-refractivity contribution is 5.44. The molecular formula is C17H19F3N2O. The first-order chi connectivity index (χ1) is 11.1. The minimum atomic E-state index is -4.37. The number of alkyl halides is 3. The van der Waals surface area contributed by atoms with Crippen molar-refractivity contribution in [3.63, 3.8) is 0 Å². The van der Waals surface area contributed by atoms with Crippen molar-refractivity contribution < 1.29 is 17.9 Å². The second kappa shape index (κ2) is 6.76. The van der Waals surface area contributed by atoms with E-state index in [0.29, 0.717) is 13.1 Å². The average Bonchev–Trinajstić information content (AvgIpc) is 3.18. The fourth-order valence-electron chi connectivity index (χ4n) is 2.89. The molecule has 124 valence electrons. The Kier molecular flexibility index (Phi) is 4.73. The number of benzene rings is 1. The van der Waals surface area contributed by atoms with Crippen molar-refractivity contribution in [2.24, 2.45) is 0 Å². The van der Waals surface area contributed by atoms with Gasteiger partial charge in [-0.1, -0.05) is 12.1 Å². The highest BCUT2D eigenvalue weighted by Gasteiger charge is 2.33. The summed E-state index contributed by atoms with van der Waals surface area (Å²) in [4.78, 5) is 0. The van der Waals surface area contributed by atoms with Crippen LogP contribution in [0.3, 0.4) is 0 Å². The van der Waals surface area contributed by atoms with Crippen LogP contribution in [0, 0.1) is 0 Å². The maximum Gasteiger partial charge on any atom is 0.418 e. The lowest BCUT2D eigenvalue weighted by molar-refractivity contribution is -0.137. The van der Waals surface area contributed by atoms with Gasteiger partial charge in [-0.3, -0.25) is 0 Å². The van der Waals surface area contributed by atoms with Crippen molar-refractivity contribution in [3.05, 3.63) is 53.9 Å². The summed E-state index contributed by atoms with van der Waals surface area (Å²) in [6.45, 7) is 2.01. The van der Waals surface area contributed by atoms with Gasteiger partial charge in [-0.2, -0.15) is 13.2 Å². The molecule has 1 fully saturated rings. The predicted octanol–water partition coefficient (Wildman–Crippen LogP) is 3.76. The topological polar surface area (TPSA) is 26.2 Å². The van der Waals surface area contributed by atoms with Crippen LogP contribution < -0.4 is 5.32 Å². The highest BCUT2D eigenvalue weighted by Crippen LogP contribution is 2.34. The normalized spacial score (nSPS) is 18.5. The van der Waals surface area contributed by atoms with Crippen LogP contribution in [0.15, 0.2) is 42.6 Å². The van der Waals surface area contributed by atoms with Crippen molar-refractivity contribution >= 4 is 0 Å². The molecule has 2 aromatic rings. The molecule has 1 unspecified atom stereocenters. The van der Waals surface area contributed by atoms with E-state index in [-0.39, 0.29) is 11.8 Å². The largest absolute Gasteiger partial charge is 0.418 e. The average molecular weight is 324 g/mol. The molecule has 0 bridgehead atoms. The molecule has 1 atom stereocenters. The van der Waals surface area contributed by atoms with Gasteiger partial charge in [0.05, 0.1) is 17.4 Å². The van der Waals surface area contributed by atoms with Crippen molar-refractivity contribution in [2.45, 2.75) is 31.7 Å². The first kappa shape index (κ1) is 16.1. The molecule has 6 heteroatoms. The van der Waals surface area contributed by atoms with Crippen molar-refractivity contribution in [2.75, 3.05) is 13.2 Å². The number of halogens is 3. The molecule has 1 aliphatic rings. The van der Waals surface area contributed by atoms with Gasteiger partial charge < -0.3 is 14.6 Å². The zero-order valence-corrected chi connectivity index (χ0v) is 12.6. The Morgan fingerprint density at radius 3 is 2.74 bits per heavy atom. The van der Waals surface area contributed by atoms with Gasteiger partial charge in [0.1, 0.15) is 0 Å². The minimum absolute atomic E-state index is 0.152. The maximum absolute atomic E-state index is 13.2. The molecule has 3 rings (SSSR count). The molecule has 2 heterocycles. The van der Waals surface area contributed by atoms with E-state index in [0.717, 1.165) is 31.2 Å². The Morgan fingerprint density at radius 1 is 1.17 bits per heavy atom. The lowest BCUT2D eigenvalue weighted by Gasteiger charge is -2.17. The standard InChI is InChI=1S/C17H19F3N2O/c18-17(19,20)15-7-1-2-8-16(15)22-9-3-5-13(22)11-21-12-14-6-4-10-23-14/h1-3,5,7-9,14,21H,4,6,10-12H2. The SMILES string of the molecule is FC(F)(F)c1ccccc1-n1cccc1CNCC1CCCO1. The minimum Gasteiger partial charge on any atom is -0.377 e. The van der Waals surface area contributed by atoms with E-state index in [9.17, 15) is 13.2 Å². The Morgan fingerprint density at radius 2 is 2.00 bits per heavy atom. The third-order valence-electron chi connectivity index (χ3n) is 4.00. The van der Waals surface area contributed by atoms with Gasteiger partial charge in [0.2, 0.25) is 0 Å². The Labute approximate surface area is 133 Å². The molecule has 0 spiro atoms. The monoisotopic (exact) mass is 324 g/mol. The number of nitrogens with zero attached hydrogens (tertiary/aromatic N) is 1.